The molecule has 0 atom stereocenters. The van der Waals surface area contributed by atoms with Gasteiger partial charge in [0.15, 0.2) is 0 Å². The van der Waals surface area contributed by atoms with E-state index in [1.54, 1.807) is 6.92 Å². The van der Waals surface area contributed by atoms with Crippen molar-refractivity contribution in [1.82, 2.24) is 9.78 Å². The predicted octanol–water partition coefficient (Wildman–Crippen LogP) is 0.640. The predicted molar refractivity (Wildman–Crippen MR) is 60.2 cm³/mol. The largest absolute Gasteiger partial charge is 0.480 e. The lowest BCUT2D eigenvalue weighted by atomic mass is 10.3. The van der Waals surface area contributed by atoms with Crippen molar-refractivity contribution in [2.75, 3.05) is 18.5 Å². The number of aliphatic carboxylic acids is 1. The molecule has 0 aliphatic rings. The third-order valence-corrected chi connectivity index (χ3v) is 2.29. The Labute approximate surface area is 97.6 Å². The van der Waals surface area contributed by atoms with Gasteiger partial charge >= 0.3 is 11.7 Å². The van der Waals surface area contributed by atoms with Crippen molar-refractivity contribution in [1.29, 1.82) is 0 Å². The Kier molecular flexibility index (Phi) is 3.66. The van der Waals surface area contributed by atoms with E-state index in [4.69, 9.17) is 5.11 Å². The van der Waals surface area contributed by atoms with Gasteiger partial charge in [-0.05, 0) is 13.8 Å². The Balaban J connectivity index is 3.27. The fraction of sp³-hybridized carbons (Fsp3) is 0.556. The molecule has 0 unspecified atom stereocenters. The second-order valence-electron chi connectivity index (χ2n) is 3.58. The molecule has 0 radical (unpaired) electrons. The third kappa shape index (κ3) is 2.52. The molecule has 8 nitrogen and oxygen atoms in total. The highest BCUT2D eigenvalue weighted by Crippen LogP contribution is 2.30. The second kappa shape index (κ2) is 4.81. The summed E-state index contributed by atoms with van der Waals surface area (Å²) < 4.78 is 1.43. The van der Waals surface area contributed by atoms with E-state index >= 15 is 0 Å². The van der Waals surface area contributed by atoms with Gasteiger partial charge < -0.3 is 10.0 Å². The molecule has 0 saturated carbocycles. The van der Waals surface area contributed by atoms with Crippen LogP contribution in [0.1, 0.15) is 12.6 Å². The maximum absolute atomic E-state index is 10.9. The summed E-state index contributed by atoms with van der Waals surface area (Å²) in [6, 6.07) is 0. The van der Waals surface area contributed by atoms with Crippen LogP contribution in [0.3, 0.4) is 0 Å². The lowest BCUT2D eigenvalue weighted by molar-refractivity contribution is -0.384. The molecule has 0 fully saturated rings. The fourth-order valence-corrected chi connectivity index (χ4v) is 1.65. The van der Waals surface area contributed by atoms with Gasteiger partial charge in [-0.3, -0.25) is 14.9 Å². The SMILES string of the molecule is CCn1nc(C)c([N+](=O)[O-])c1N(C)CC(=O)O. The van der Waals surface area contributed by atoms with Crippen LogP contribution in [0.15, 0.2) is 0 Å². The lowest BCUT2D eigenvalue weighted by Crippen LogP contribution is -2.28. The molecule has 1 aromatic rings. The number of carboxylic acid groups (broad SMARTS) is 1. The first kappa shape index (κ1) is 12.9. The number of rotatable bonds is 5. The van der Waals surface area contributed by atoms with Crippen molar-refractivity contribution in [2.24, 2.45) is 0 Å². The maximum Gasteiger partial charge on any atom is 0.333 e. The molecule has 0 aliphatic carbocycles. The van der Waals surface area contributed by atoms with E-state index in [0.29, 0.717) is 6.54 Å². The van der Waals surface area contributed by atoms with Crippen LogP contribution >= 0.6 is 0 Å². The summed E-state index contributed by atoms with van der Waals surface area (Å²) in [6.07, 6.45) is 0. The highest BCUT2D eigenvalue weighted by molar-refractivity contribution is 5.75. The van der Waals surface area contributed by atoms with Crippen molar-refractivity contribution in [3.63, 3.8) is 0 Å². The average molecular weight is 242 g/mol. The Morgan fingerprint density at radius 1 is 1.65 bits per heavy atom. The van der Waals surface area contributed by atoms with Crippen LogP contribution in [0.5, 0.6) is 0 Å². The van der Waals surface area contributed by atoms with Crippen LogP contribution in [0, 0.1) is 17.0 Å². The summed E-state index contributed by atoms with van der Waals surface area (Å²) in [5.41, 5.74) is 0.139. The van der Waals surface area contributed by atoms with Crippen LogP contribution in [-0.2, 0) is 11.3 Å². The Hall–Kier alpha value is -2.12. The van der Waals surface area contributed by atoms with Crippen LogP contribution in [0.2, 0.25) is 0 Å². The van der Waals surface area contributed by atoms with Crippen molar-refractivity contribution in [2.45, 2.75) is 20.4 Å². The molecule has 8 heteroatoms. The van der Waals surface area contributed by atoms with Crippen molar-refractivity contribution >= 4 is 17.5 Å². The molecular weight excluding hydrogens is 228 g/mol. The van der Waals surface area contributed by atoms with Gasteiger partial charge in [-0.15, -0.1) is 0 Å². The van der Waals surface area contributed by atoms with Gasteiger partial charge in [0, 0.05) is 13.6 Å². The van der Waals surface area contributed by atoms with Gasteiger partial charge in [0.1, 0.15) is 12.2 Å². The van der Waals surface area contributed by atoms with Crippen LogP contribution in [0.25, 0.3) is 0 Å². The van der Waals surface area contributed by atoms with E-state index in [2.05, 4.69) is 5.10 Å². The van der Waals surface area contributed by atoms with Crippen molar-refractivity contribution in [3.05, 3.63) is 15.8 Å². The quantitative estimate of drug-likeness (QED) is 0.600. The molecule has 0 aromatic carbocycles. The zero-order valence-corrected chi connectivity index (χ0v) is 9.88. The van der Waals surface area contributed by atoms with Crippen LogP contribution in [0.4, 0.5) is 11.5 Å². The van der Waals surface area contributed by atoms with E-state index in [-0.39, 0.29) is 23.7 Å². The first-order chi connectivity index (χ1) is 7.88. The van der Waals surface area contributed by atoms with E-state index in [0.717, 1.165) is 0 Å². The monoisotopic (exact) mass is 242 g/mol. The van der Waals surface area contributed by atoms with Crippen molar-refractivity contribution in [3.8, 4) is 0 Å². The number of aromatic nitrogens is 2. The Morgan fingerprint density at radius 3 is 2.65 bits per heavy atom. The minimum atomic E-state index is -1.05. The zero-order chi connectivity index (χ0) is 13.2. The number of nitrogens with zero attached hydrogens (tertiary/aromatic N) is 4. The van der Waals surface area contributed by atoms with E-state index in [9.17, 15) is 14.9 Å². The van der Waals surface area contributed by atoms with Gasteiger partial charge in [-0.2, -0.15) is 5.10 Å². The maximum atomic E-state index is 10.9. The molecule has 17 heavy (non-hydrogen) atoms. The number of carboxylic acids is 1. The number of hydrogen-bond donors (Lipinski definition) is 1. The fourth-order valence-electron chi connectivity index (χ4n) is 1.65. The minimum absolute atomic E-state index is 0.143. The van der Waals surface area contributed by atoms with E-state index < -0.39 is 10.9 Å². The molecule has 0 spiro atoms. The van der Waals surface area contributed by atoms with Gasteiger partial charge in [0.05, 0.1) is 4.92 Å². The number of aryl methyl sites for hydroxylation is 2. The summed E-state index contributed by atoms with van der Waals surface area (Å²) in [7, 11) is 1.49. The van der Waals surface area contributed by atoms with Gasteiger partial charge in [-0.1, -0.05) is 0 Å². The summed E-state index contributed by atoms with van der Waals surface area (Å²) in [6.45, 7) is 3.44. The molecule has 94 valence electrons. The summed E-state index contributed by atoms with van der Waals surface area (Å²) in [4.78, 5) is 22.3. The summed E-state index contributed by atoms with van der Waals surface area (Å²) in [5, 5.41) is 23.7. The average Bonchev–Trinajstić information content (AvgIpc) is 2.53. The topological polar surface area (TPSA) is 101 Å². The molecular formula is C9H14N4O4. The van der Waals surface area contributed by atoms with Gasteiger partial charge in [0.25, 0.3) is 0 Å². The molecule has 0 bridgehead atoms. The van der Waals surface area contributed by atoms with Crippen molar-refractivity contribution < 1.29 is 14.8 Å². The molecule has 1 aromatic heterocycles. The number of hydrogen-bond acceptors (Lipinski definition) is 5. The first-order valence-electron chi connectivity index (χ1n) is 5.03. The zero-order valence-electron chi connectivity index (χ0n) is 9.88. The number of carbonyl (C=O) groups is 1. The van der Waals surface area contributed by atoms with E-state index in [1.165, 1.54) is 23.6 Å². The molecule has 1 rings (SSSR count). The highest BCUT2D eigenvalue weighted by Gasteiger charge is 2.28. The molecule has 1 N–H and O–H groups in total. The molecule has 0 amide bonds. The smallest absolute Gasteiger partial charge is 0.333 e. The number of nitro groups is 1. The lowest BCUT2D eigenvalue weighted by Gasteiger charge is -2.16. The third-order valence-electron chi connectivity index (χ3n) is 2.29. The van der Waals surface area contributed by atoms with Crippen LogP contribution in [-0.4, -0.2) is 39.4 Å². The molecule has 0 saturated heterocycles. The number of likely N-dealkylation sites (N-methyl/N-ethyl adjacent to an activating group) is 1. The standard InChI is InChI=1S/C9H14N4O4/c1-4-12-9(11(3)5-7(14)15)8(13(16)17)6(2)10-12/h4-5H2,1-3H3,(H,14,15). The summed E-state index contributed by atoms with van der Waals surface area (Å²) >= 11 is 0. The summed E-state index contributed by atoms with van der Waals surface area (Å²) in [5.74, 6) is -0.833. The highest BCUT2D eigenvalue weighted by atomic mass is 16.6. The molecule has 1 heterocycles. The van der Waals surface area contributed by atoms with Crippen LogP contribution < -0.4 is 4.90 Å². The minimum Gasteiger partial charge on any atom is -0.480 e. The molecule has 0 aliphatic heterocycles. The first-order valence-corrected chi connectivity index (χ1v) is 5.03. The number of anilines is 1. The van der Waals surface area contributed by atoms with Gasteiger partial charge in [-0.25, -0.2) is 4.68 Å². The second-order valence-corrected chi connectivity index (χ2v) is 3.58. The Bertz CT molecular complexity index is 454. The van der Waals surface area contributed by atoms with E-state index in [1.807, 2.05) is 0 Å². The Morgan fingerprint density at radius 2 is 2.24 bits per heavy atom. The normalized spacial score (nSPS) is 10.3. The van der Waals surface area contributed by atoms with Gasteiger partial charge in [0.2, 0.25) is 5.82 Å².